The van der Waals surface area contributed by atoms with Gasteiger partial charge >= 0.3 is 0 Å². The molecule has 5 heteroatoms. The van der Waals surface area contributed by atoms with Gasteiger partial charge in [0, 0.05) is 25.6 Å². The van der Waals surface area contributed by atoms with Gasteiger partial charge in [0.2, 0.25) is 0 Å². The van der Waals surface area contributed by atoms with Crippen molar-refractivity contribution in [2.24, 2.45) is 5.92 Å². The van der Waals surface area contributed by atoms with E-state index in [0.29, 0.717) is 12.1 Å². The average molecular weight is 325 g/mol. The Balaban J connectivity index is 1.95. The second-order valence-corrected chi connectivity index (χ2v) is 6.55. The largest absolute Gasteiger partial charge is 0.378 e. The highest BCUT2D eigenvalue weighted by Gasteiger charge is 2.37. The summed E-state index contributed by atoms with van der Waals surface area (Å²) in [5.74, 6) is -0.00404. The van der Waals surface area contributed by atoms with E-state index in [9.17, 15) is 9.90 Å². The molecule has 1 saturated heterocycles. The number of rotatable bonds is 4. The summed E-state index contributed by atoms with van der Waals surface area (Å²) >= 11 is 0. The Kier molecular flexibility index (Phi) is 5.10. The maximum atomic E-state index is 11.8. The second kappa shape index (κ2) is 7.27. The number of hydrogen-bond donors (Lipinski definition) is 2. The van der Waals surface area contributed by atoms with E-state index >= 15 is 0 Å². The third-order valence-electron chi connectivity index (χ3n) is 5.09. The molecule has 2 aliphatic heterocycles. The Morgan fingerprint density at radius 2 is 2.33 bits per heavy atom. The summed E-state index contributed by atoms with van der Waals surface area (Å²) in [7, 11) is 0. The molecule has 2 heterocycles. The third kappa shape index (κ3) is 3.13. The average Bonchev–Trinajstić information content (AvgIpc) is 3.02. The number of aryl methyl sites for hydroxylation is 1. The number of likely N-dealkylation sites (tertiary alicyclic amines) is 1. The lowest BCUT2D eigenvalue weighted by molar-refractivity contribution is -0.117. The van der Waals surface area contributed by atoms with E-state index in [0.717, 1.165) is 48.9 Å². The van der Waals surface area contributed by atoms with Gasteiger partial charge in [0.05, 0.1) is 17.7 Å². The van der Waals surface area contributed by atoms with E-state index < -0.39 is 6.23 Å². The van der Waals surface area contributed by atoms with Crippen molar-refractivity contribution in [2.45, 2.75) is 32.0 Å². The fourth-order valence-corrected chi connectivity index (χ4v) is 3.88. The molecule has 0 bridgehead atoms. The summed E-state index contributed by atoms with van der Waals surface area (Å²) < 4.78 is 0. The van der Waals surface area contributed by atoms with Crippen molar-refractivity contribution in [1.82, 2.24) is 10.2 Å². The van der Waals surface area contributed by atoms with Crippen LogP contribution in [0.4, 0.5) is 0 Å². The van der Waals surface area contributed by atoms with Crippen molar-refractivity contribution >= 4 is 11.9 Å². The van der Waals surface area contributed by atoms with Crippen LogP contribution in [-0.4, -0.2) is 48.2 Å². The van der Waals surface area contributed by atoms with Crippen molar-refractivity contribution in [3.8, 4) is 6.07 Å². The van der Waals surface area contributed by atoms with Gasteiger partial charge < -0.3 is 15.2 Å². The quantitative estimate of drug-likeness (QED) is 0.820. The maximum Gasteiger partial charge on any atom is 0.137 e. The number of aldehydes is 1. The molecule has 2 aliphatic rings. The first-order chi connectivity index (χ1) is 11.7. The van der Waals surface area contributed by atoms with Crippen molar-refractivity contribution in [3.05, 3.63) is 41.0 Å². The number of nitriles is 1. The zero-order chi connectivity index (χ0) is 17.1. The molecule has 1 aromatic rings. The van der Waals surface area contributed by atoms with Gasteiger partial charge in [-0.1, -0.05) is 12.1 Å². The first kappa shape index (κ1) is 16.8. The molecule has 5 nitrogen and oxygen atoms in total. The number of carbonyl (C=O) groups is 1. The Morgan fingerprint density at radius 1 is 1.50 bits per heavy atom. The molecule has 1 fully saturated rings. The number of aliphatic hydroxyl groups excluding tert-OH is 1. The summed E-state index contributed by atoms with van der Waals surface area (Å²) in [5, 5.41) is 22.6. The standard InChI is InChI=1S/C19H23N3O2/c1-13-9-14(10-20)4-5-15(13)16-6-7-21-11-17(16)18(12-23)22-8-2-3-19(22)24/h4-6,9,12,17-19,21,24H,2-3,7-8,11H2,1H3/t17-,18?,19-/m0/s1. The summed E-state index contributed by atoms with van der Waals surface area (Å²) in [6.07, 6.45) is 4.20. The Bertz CT molecular complexity index is 692. The lowest BCUT2D eigenvalue weighted by Gasteiger charge is -2.36. The topological polar surface area (TPSA) is 76.4 Å². The summed E-state index contributed by atoms with van der Waals surface area (Å²) in [4.78, 5) is 13.8. The van der Waals surface area contributed by atoms with Crippen LogP contribution >= 0.6 is 0 Å². The lowest BCUT2D eigenvalue weighted by atomic mass is 9.82. The molecule has 0 amide bonds. The molecule has 2 N–H and O–H groups in total. The highest BCUT2D eigenvalue weighted by Crippen LogP contribution is 2.33. The van der Waals surface area contributed by atoms with Crippen LogP contribution in [-0.2, 0) is 4.79 Å². The zero-order valence-electron chi connectivity index (χ0n) is 13.9. The number of nitrogens with zero attached hydrogens (tertiary/aromatic N) is 2. The molecule has 0 radical (unpaired) electrons. The maximum absolute atomic E-state index is 11.8. The van der Waals surface area contributed by atoms with Gasteiger partial charge in [-0.05, 0) is 48.6 Å². The van der Waals surface area contributed by atoms with Gasteiger partial charge in [-0.15, -0.1) is 0 Å². The molecule has 24 heavy (non-hydrogen) atoms. The Hall–Kier alpha value is -2.00. The van der Waals surface area contributed by atoms with Crippen LogP contribution in [0.15, 0.2) is 24.3 Å². The van der Waals surface area contributed by atoms with Gasteiger partial charge in [-0.2, -0.15) is 5.26 Å². The molecular formula is C19H23N3O2. The van der Waals surface area contributed by atoms with Crippen molar-refractivity contribution in [2.75, 3.05) is 19.6 Å². The highest BCUT2D eigenvalue weighted by atomic mass is 16.3. The van der Waals surface area contributed by atoms with Gasteiger partial charge in [0.25, 0.3) is 0 Å². The zero-order valence-corrected chi connectivity index (χ0v) is 13.9. The van der Waals surface area contributed by atoms with Crippen LogP contribution in [0, 0.1) is 24.2 Å². The fourth-order valence-electron chi connectivity index (χ4n) is 3.88. The van der Waals surface area contributed by atoms with Gasteiger partial charge in [0.15, 0.2) is 0 Å². The van der Waals surface area contributed by atoms with Crippen LogP contribution < -0.4 is 5.32 Å². The Labute approximate surface area is 142 Å². The second-order valence-electron chi connectivity index (χ2n) is 6.55. The van der Waals surface area contributed by atoms with E-state index in [4.69, 9.17) is 5.26 Å². The van der Waals surface area contributed by atoms with E-state index in [2.05, 4.69) is 17.5 Å². The SMILES string of the molecule is Cc1cc(C#N)ccc1C1=CCNC[C@@H]1C(C=O)N1CCC[C@@H]1O. The van der Waals surface area contributed by atoms with Gasteiger partial charge in [-0.3, -0.25) is 4.90 Å². The molecular weight excluding hydrogens is 302 g/mol. The molecule has 0 spiro atoms. The number of hydrogen-bond acceptors (Lipinski definition) is 5. The minimum absolute atomic E-state index is 0.00404. The predicted molar refractivity (Wildman–Crippen MR) is 92.0 cm³/mol. The molecule has 1 unspecified atom stereocenters. The molecule has 126 valence electrons. The number of aliphatic hydroxyl groups is 1. The summed E-state index contributed by atoms with van der Waals surface area (Å²) in [5.41, 5.74) is 3.90. The lowest BCUT2D eigenvalue weighted by Crippen LogP contribution is -2.49. The Morgan fingerprint density at radius 3 is 2.96 bits per heavy atom. The van der Waals surface area contributed by atoms with Crippen LogP contribution in [0.25, 0.3) is 5.57 Å². The van der Waals surface area contributed by atoms with Crippen molar-refractivity contribution in [3.63, 3.8) is 0 Å². The van der Waals surface area contributed by atoms with Crippen molar-refractivity contribution < 1.29 is 9.90 Å². The predicted octanol–water partition coefficient (Wildman–Crippen LogP) is 1.45. The van der Waals surface area contributed by atoms with E-state index in [-0.39, 0.29) is 12.0 Å². The van der Waals surface area contributed by atoms with E-state index in [1.165, 1.54) is 0 Å². The number of carbonyl (C=O) groups excluding carboxylic acids is 1. The van der Waals surface area contributed by atoms with Gasteiger partial charge in [0.1, 0.15) is 12.5 Å². The minimum atomic E-state index is -0.537. The van der Waals surface area contributed by atoms with Crippen LogP contribution in [0.3, 0.4) is 0 Å². The minimum Gasteiger partial charge on any atom is -0.378 e. The third-order valence-corrected chi connectivity index (χ3v) is 5.09. The number of benzene rings is 1. The van der Waals surface area contributed by atoms with Gasteiger partial charge in [-0.25, -0.2) is 0 Å². The molecule has 3 atom stereocenters. The molecule has 0 aromatic heterocycles. The highest BCUT2D eigenvalue weighted by molar-refractivity contribution is 5.76. The van der Waals surface area contributed by atoms with E-state index in [1.54, 1.807) is 0 Å². The van der Waals surface area contributed by atoms with Crippen LogP contribution in [0.2, 0.25) is 0 Å². The summed E-state index contributed by atoms with van der Waals surface area (Å²) in [6.45, 7) is 4.22. The summed E-state index contributed by atoms with van der Waals surface area (Å²) in [6, 6.07) is 7.51. The fraction of sp³-hybridized carbons (Fsp3) is 0.474. The van der Waals surface area contributed by atoms with Crippen LogP contribution in [0.1, 0.15) is 29.5 Å². The first-order valence-corrected chi connectivity index (χ1v) is 8.46. The monoisotopic (exact) mass is 325 g/mol. The smallest absolute Gasteiger partial charge is 0.137 e. The molecule has 1 aromatic carbocycles. The number of nitrogens with one attached hydrogen (secondary N) is 1. The molecule has 3 rings (SSSR count). The first-order valence-electron chi connectivity index (χ1n) is 8.46. The molecule has 0 saturated carbocycles. The van der Waals surface area contributed by atoms with E-state index in [1.807, 2.05) is 30.0 Å². The van der Waals surface area contributed by atoms with Crippen LogP contribution in [0.5, 0.6) is 0 Å². The normalized spacial score (nSPS) is 25.8. The molecule has 0 aliphatic carbocycles. The van der Waals surface area contributed by atoms with Crippen molar-refractivity contribution in [1.29, 1.82) is 5.26 Å².